The predicted octanol–water partition coefficient (Wildman–Crippen LogP) is 4.11. The largest absolute Gasteiger partial charge is 0.493 e. The number of hydrogen-bond acceptors (Lipinski definition) is 6. The van der Waals surface area contributed by atoms with E-state index in [4.69, 9.17) is 9.47 Å². The van der Waals surface area contributed by atoms with Gasteiger partial charge in [-0.05, 0) is 37.0 Å². The molecule has 1 atom stereocenters. The Balaban J connectivity index is 1.87. The predicted molar refractivity (Wildman–Crippen MR) is 123 cm³/mol. The summed E-state index contributed by atoms with van der Waals surface area (Å²) in [5.74, 6) is -1.21. The lowest BCUT2D eigenvalue weighted by Gasteiger charge is -2.48. The first-order chi connectivity index (χ1) is 15.9. The first kappa shape index (κ1) is 22.5. The van der Waals surface area contributed by atoms with Gasteiger partial charge in [0.25, 0.3) is 5.60 Å². The number of Topliss-reactive ketones (excluding diaryl/α,β-unsaturated/α-hetero) is 2. The van der Waals surface area contributed by atoms with Gasteiger partial charge in [0.2, 0.25) is 5.78 Å². The van der Waals surface area contributed by atoms with Crippen LogP contribution in [0.15, 0.2) is 83.8 Å². The molecule has 0 saturated carbocycles. The molecule has 4 rings (SSSR count). The number of ether oxygens (including phenoxy) is 2. The van der Waals surface area contributed by atoms with Gasteiger partial charge < -0.3 is 14.4 Å². The van der Waals surface area contributed by atoms with E-state index in [-0.39, 0.29) is 11.4 Å². The molecule has 1 aliphatic carbocycles. The molecule has 0 fully saturated rings. The summed E-state index contributed by atoms with van der Waals surface area (Å²) in [6.07, 6.45) is 3.31. The second kappa shape index (κ2) is 9.45. The molecule has 0 aromatic heterocycles. The van der Waals surface area contributed by atoms with E-state index < -0.39 is 17.4 Å². The summed E-state index contributed by atoms with van der Waals surface area (Å²) in [6, 6.07) is 19.6. The molecular weight excluding hydrogens is 418 g/mol. The molecule has 1 unspecified atom stereocenters. The van der Waals surface area contributed by atoms with Crippen LogP contribution in [0.3, 0.4) is 0 Å². The minimum atomic E-state index is -1.74. The number of esters is 1. The maximum Gasteiger partial charge on any atom is 0.304 e. The molecule has 0 bridgehead atoms. The monoisotopic (exact) mass is 445 g/mol. The van der Waals surface area contributed by atoms with E-state index in [1.807, 2.05) is 65.6 Å². The highest BCUT2D eigenvalue weighted by Gasteiger charge is 2.64. The number of rotatable bonds is 8. The highest BCUT2D eigenvalue weighted by atomic mass is 16.6. The van der Waals surface area contributed by atoms with E-state index in [2.05, 4.69) is 0 Å². The van der Waals surface area contributed by atoms with Crippen LogP contribution in [0.1, 0.15) is 37.8 Å². The Morgan fingerprint density at radius 2 is 1.55 bits per heavy atom. The van der Waals surface area contributed by atoms with E-state index >= 15 is 0 Å². The third kappa shape index (κ3) is 4.33. The maximum absolute atomic E-state index is 13.5. The number of allylic oxidation sites excluding steroid dienone is 1. The van der Waals surface area contributed by atoms with Crippen molar-refractivity contribution in [3.8, 4) is 0 Å². The molecule has 0 N–H and O–H groups in total. The lowest BCUT2D eigenvalue weighted by Crippen LogP contribution is -2.61. The smallest absolute Gasteiger partial charge is 0.304 e. The third-order valence-corrected chi connectivity index (χ3v) is 5.80. The van der Waals surface area contributed by atoms with Gasteiger partial charge in [0.15, 0.2) is 11.5 Å². The second-order valence-electron chi connectivity index (χ2n) is 8.27. The van der Waals surface area contributed by atoms with Gasteiger partial charge >= 0.3 is 5.97 Å². The quantitative estimate of drug-likeness (QED) is 0.450. The van der Waals surface area contributed by atoms with Gasteiger partial charge in [-0.2, -0.15) is 0 Å². The molecule has 6 nitrogen and oxygen atoms in total. The summed E-state index contributed by atoms with van der Waals surface area (Å²) in [5, 5.41) is 0. The molecule has 1 heterocycles. The van der Waals surface area contributed by atoms with E-state index in [1.54, 1.807) is 6.08 Å². The van der Waals surface area contributed by atoms with Crippen LogP contribution in [0.5, 0.6) is 0 Å². The lowest BCUT2D eigenvalue weighted by molar-refractivity contribution is -0.166. The summed E-state index contributed by atoms with van der Waals surface area (Å²) in [5.41, 5.74) is 0.697. The first-order valence-electron chi connectivity index (χ1n) is 11.1. The van der Waals surface area contributed by atoms with Crippen molar-refractivity contribution < 1.29 is 23.9 Å². The highest BCUT2D eigenvalue weighted by Crippen LogP contribution is 2.48. The second-order valence-corrected chi connectivity index (χ2v) is 8.27. The third-order valence-electron chi connectivity index (χ3n) is 5.80. The van der Waals surface area contributed by atoms with Crippen LogP contribution < -0.4 is 0 Å². The number of hydrogen-bond donors (Lipinski definition) is 0. The molecule has 0 spiro atoms. The summed E-state index contributed by atoms with van der Waals surface area (Å²) >= 11 is 0. The lowest BCUT2D eigenvalue weighted by atomic mass is 9.71. The van der Waals surface area contributed by atoms with Gasteiger partial charge in [-0.3, -0.25) is 14.4 Å². The summed E-state index contributed by atoms with van der Waals surface area (Å²) in [6.45, 7) is 3.89. The molecule has 33 heavy (non-hydrogen) atoms. The Morgan fingerprint density at radius 1 is 0.970 bits per heavy atom. The first-order valence-corrected chi connectivity index (χ1v) is 11.1. The van der Waals surface area contributed by atoms with Crippen molar-refractivity contribution in [2.75, 3.05) is 6.61 Å². The maximum atomic E-state index is 13.5. The molecule has 1 aliphatic heterocycles. The molecule has 2 aromatic carbocycles. The highest BCUT2D eigenvalue weighted by molar-refractivity contribution is 6.31. The van der Waals surface area contributed by atoms with E-state index in [0.29, 0.717) is 37.6 Å². The minimum absolute atomic E-state index is 0.0539. The number of ketones is 2. The topological polar surface area (TPSA) is 72.9 Å². The molecular formula is C27H27NO5. The normalized spacial score (nSPS) is 19.8. The van der Waals surface area contributed by atoms with E-state index in [1.165, 1.54) is 13.8 Å². The molecule has 0 amide bonds. The van der Waals surface area contributed by atoms with Gasteiger partial charge in [-0.1, -0.05) is 60.7 Å². The Morgan fingerprint density at radius 3 is 2.00 bits per heavy atom. The van der Waals surface area contributed by atoms with Crippen molar-refractivity contribution in [2.24, 2.45) is 0 Å². The van der Waals surface area contributed by atoms with Gasteiger partial charge in [0.1, 0.15) is 0 Å². The van der Waals surface area contributed by atoms with Crippen LogP contribution in [0.25, 0.3) is 0 Å². The van der Waals surface area contributed by atoms with Crippen molar-refractivity contribution in [3.63, 3.8) is 0 Å². The fraction of sp³-hybridized carbons (Fsp3) is 0.296. The molecule has 170 valence electrons. The number of nitrogens with zero attached hydrogens (tertiary/aromatic N) is 1. The molecule has 0 saturated heterocycles. The average molecular weight is 446 g/mol. The van der Waals surface area contributed by atoms with Crippen molar-refractivity contribution in [2.45, 2.75) is 45.4 Å². The number of carbonyl (C=O) groups is 3. The van der Waals surface area contributed by atoms with Crippen LogP contribution in [0, 0.1) is 0 Å². The molecule has 2 aliphatic rings. The number of carbonyl (C=O) groups excluding carboxylic acids is 3. The van der Waals surface area contributed by atoms with Gasteiger partial charge in [0.05, 0.1) is 17.9 Å². The standard InChI is InChI=1S/C27H27NO5/c1-19(29)24-25(27(26(24)31,33-20(2)30)23-15-9-10-16-32-23)28(17-21-11-5-3-6-12-21)18-22-13-7-4-8-14-22/h3-8,11-15H,9-10,16-18H2,1-2H3. The van der Waals surface area contributed by atoms with Gasteiger partial charge in [-0.25, -0.2) is 0 Å². The van der Waals surface area contributed by atoms with E-state index in [9.17, 15) is 14.4 Å². The van der Waals surface area contributed by atoms with E-state index in [0.717, 1.165) is 17.5 Å². The SMILES string of the molecule is CC(=O)OC1(C2=CCCCO2)C(=O)C(C(C)=O)=C1N(Cc1ccccc1)Cc1ccccc1. The number of benzene rings is 2. The van der Waals surface area contributed by atoms with Gasteiger partial charge in [-0.15, -0.1) is 0 Å². The zero-order valence-corrected chi connectivity index (χ0v) is 18.9. The molecule has 2 aromatic rings. The average Bonchev–Trinajstić information content (AvgIpc) is 2.81. The van der Waals surface area contributed by atoms with Crippen molar-refractivity contribution in [1.29, 1.82) is 0 Å². The summed E-state index contributed by atoms with van der Waals surface area (Å²) in [4.78, 5) is 40.2. The van der Waals surface area contributed by atoms with Crippen molar-refractivity contribution in [3.05, 3.63) is 94.9 Å². The van der Waals surface area contributed by atoms with Crippen LogP contribution in [0.2, 0.25) is 0 Å². The summed E-state index contributed by atoms with van der Waals surface area (Å²) < 4.78 is 11.6. The molecule has 0 radical (unpaired) electrons. The van der Waals surface area contributed by atoms with Crippen molar-refractivity contribution in [1.82, 2.24) is 4.90 Å². The van der Waals surface area contributed by atoms with Crippen LogP contribution in [0.4, 0.5) is 0 Å². The Bertz CT molecular complexity index is 1080. The Labute approximate surface area is 193 Å². The van der Waals surface area contributed by atoms with Crippen LogP contribution in [-0.2, 0) is 36.9 Å². The Kier molecular flexibility index (Phi) is 6.45. The summed E-state index contributed by atoms with van der Waals surface area (Å²) in [7, 11) is 0. The van der Waals surface area contributed by atoms with Crippen molar-refractivity contribution >= 4 is 17.5 Å². The molecule has 6 heteroatoms. The zero-order chi connectivity index (χ0) is 23.4. The van der Waals surface area contributed by atoms with Crippen LogP contribution >= 0.6 is 0 Å². The minimum Gasteiger partial charge on any atom is -0.493 e. The fourth-order valence-electron chi connectivity index (χ4n) is 4.43. The Hall–Kier alpha value is -3.67. The zero-order valence-electron chi connectivity index (χ0n) is 18.9. The van der Waals surface area contributed by atoms with Gasteiger partial charge in [0, 0.05) is 20.0 Å². The van der Waals surface area contributed by atoms with Crippen LogP contribution in [-0.4, -0.2) is 34.6 Å². The fourth-order valence-corrected chi connectivity index (χ4v) is 4.43.